The number of nitrogens with one attached hydrogen (secondary N) is 1. The van der Waals surface area contributed by atoms with Gasteiger partial charge in [-0.3, -0.25) is 10.1 Å². The van der Waals surface area contributed by atoms with Crippen LogP contribution in [0.5, 0.6) is 0 Å². The number of carbonyl (C=O) groups excluding carboxylic acids is 2. The van der Waals surface area contributed by atoms with E-state index in [4.69, 9.17) is 4.74 Å². The Morgan fingerprint density at radius 1 is 1.32 bits per heavy atom. The quantitative estimate of drug-likeness (QED) is 0.890. The summed E-state index contributed by atoms with van der Waals surface area (Å²) in [4.78, 5) is 31.3. The molecule has 6 nitrogen and oxygen atoms in total. The number of fused-ring (bicyclic) bond motifs is 1. The van der Waals surface area contributed by atoms with E-state index in [1.807, 2.05) is 35.2 Å². The predicted molar refractivity (Wildman–Crippen MR) is 96.6 cm³/mol. The van der Waals surface area contributed by atoms with Crippen molar-refractivity contribution >= 4 is 28.5 Å². The third-order valence-corrected chi connectivity index (χ3v) is 5.04. The number of hydrogen-bond acceptors (Lipinski definition) is 5. The minimum atomic E-state index is -0.496. The molecule has 3 rings (SSSR count). The van der Waals surface area contributed by atoms with Gasteiger partial charge >= 0.3 is 6.09 Å². The first-order chi connectivity index (χ1) is 12.2. The van der Waals surface area contributed by atoms with Gasteiger partial charge in [-0.2, -0.15) is 0 Å². The summed E-state index contributed by atoms with van der Waals surface area (Å²) < 4.78 is 4.86. The van der Waals surface area contributed by atoms with E-state index in [-0.39, 0.29) is 5.91 Å². The molecule has 7 heteroatoms. The number of benzene rings is 1. The van der Waals surface area contributed by atoms with E-state index in [0.717, 1.165) is 17.0 Å². The Bertz CT molecular complexity index is 745. The summed E-state index contributed by atoms with van der Waals surface area (Å²) in [5.41, 5.74) is 2.14. The van der Waals surface area contributed by atoms with Crippen molar-refractivity contribution in [2.45, 2.75) is 32.7 Å². The summed E-state index contributed by atoms with van der Waals surface area (Å²) in [5, 5.41) is 3.16. The molecule has 1 aromatic carbocycles. The average molecular weight is 359 g/mol. The number of nitrogens with zero attached hydrogens (tertiary/aromatic N) is 2. The number of rotatable bonds is 5. The van der Waals surface area contributed by atoms with Gasteiger partial charge < -0.3 is 9.64 Å². The van der Waals surface area contributed by atoms with Gasteiger partial charge in [0.15, 0.2) is 5.13 Å². The zero-order valence-corrected chi connectivity index (χ0v) is 15.0. The van der Waals surface area contributed by atoms with Crippen LogP contribution in [0, 0.1) is 0 Å². The molecule has 0 saturated carbocycles. The Morgan fingerprint density at radius 2 is 2.12 bits per heavy atom. The van der Waals surface area contributed by atoms with Gasteiger partial charge in [0.1, 0.15) is 0 Å². The van der Waals surface area contributed by atoms with E-state index < -0.39 is 6.09 Å². The van der Waals surface area contributed by atoms with E-state index in [2.05, 4.69) is 10.3 Å². The summed E-state index contributed by atoms with van der Waals surface area (Å²) in [6.07, 6.45) is 1.48. The van der Waals surface area contributed by atoms with Gasteiger partial charge in [-0.15, -0.1) is 0 Å². The van der Waals surface area contributed by atoms with Crippen LogP contribution in [0.3, 0.4) is 0 Å². The number of aryl methyl sites for hydroxylation is 1. The molecule has 0 radical (unpaired) electrons. The lowest BCUT2D eigenvalue weighted by molar-refractivity contribution is -0.132. The lowest BCUT2D eigenvalue weighted by Crippen LogP contribution is -2.35. The average Bonchev–Trinajstić information content (AvgIpc) is 3.02. The fourth-order valence-electron chi connectivity index (χ4n) is 2.77. The van der Waals surface area contributed by atoms with Crippen molar-refractivity contribution in [2.24, 2.45) is 0 Å². The zero-order chi connectivity index (χ0) is 17.6. The molecule has 0 fully saturated rings. The Hall–Kier alpha value is -2.41. The molecule has 0 spiro atoms. The second-order valence-electron chi connectivity index (χ2n) is 5.79. The first-order valence-electron chi connectivity index (χ1n) is 8.39. The molecule has 0 aliphatic carbocycles. The lowest BCUT2D eigenvalue weighted by atomic mass is 10.1. The largest absolute Gasteiger partial charge is 0.450 e. The van der Waals surface area contributed by atoms with Gasteiger partial charge in [-0.25, -0.2) is 9.78 Å². The third kappa shape index (κ3) is 4.57. The number of aromatic nitrogens is 1. The molecule has 0 saturated heterocycles. The number of thiazole rings is 1. The fourth-order valence-corrected chi connectivity index (χ4v) is 3.78. The highest BCUT2D eigenvalue weighted by atomic mass is 32.1. The summed E-state index contributed by atoms with van der Waals surface area (Å²) in [5.74, 6) is 0.155. The zero-order valence-electron chi connectivity index (χ0n) is 14.2. The number of hydrogen-bond donors (Lipinski definition) is 1. The van der Waals surface area contributed by atoms with Gasteiger partial charge in [-0.1, -0.05) is 41.7 Å². The van der Waals surface area contributed by atoms with Crippen LogP contribution in [0.4, 0.5) is 9.93 Å². The highest BCUT2D eigenvalue weighted by Gasteiger charge is 2.24. The number of ether oxygens (including phenoxy) is 1. The molecule has 1 aromatic heterocycles. The van der Waals surface area contributed by atoms with Crippen LogP contribution in [-0.2, 0) is 28.9 Å². The van der Waals surface area contributed by atoms with Crippen molar-refractivity contribution < 1.29 is 14.3 Å². The maximum atomic E-state index is 12.5. The lowest BCUT2D eigenvalue weighted by Gasteiger charge is -2.26. The third-order valence-electron chi connectivity index (χ3n) is 4.04. The van der Waals surface area contributed by atoms with Crippen molar-refractivity contribution in [3.63, 3.8) is 0 Å². The van der Waals surface area contributed by atoms with Crippen molar-refractivity contribution in [3.05, 3.63) is 46.5 Å². The molecule has 0 bridgehead atoms. The van der Waals surface area contributed by atoms with Gasteiger partial charge in [0.2, 0.25) is 5.91 Å². The first-order valence-corrected chi connectivity index (χ1v) is 9.21. The number of amides is 2. The summed E-state index contributed by atoms with van der Waals surface area (Å²) >= 11 is 1.41. The van der Waals surface area contributed by atoms with E-state index in [9.17, 15) is 9.59 Å². The van der Waals surface area contributed by atoms with Gasteiger partial charge in [0, 0.05) is 24.3 Å². The van der Waals surface area contributed by atoms with Crippen molar-refractivity contribution in [1.82, 2.24) is 9.88 Å². The standard InChI is InChI=1S/C18H21N3O3S/c1-2-24-18(23)20-17-19-14-10-11-21(12-15(14)25-17)16(22)9-8-13-6-4-3-5-7-13/h3-7H,2,8-12H2,1H3,(H,19,20,23). The van der Waals surface area contributed by atoms with Crippen LogP contribution >= 0.6 is 11.3 Å². The highest BCUT2D eigenvalue weighted by molar-refractivity contribution is 7.15. The molecule has 2 amide bonds. The monoisotopic (exact) mass is 359 g/mol. The van der Waals surface area contributed by atoms with Crippen molar-refractivity contribution in [1.29, 1.82) is 0 Å². The molecular weight excluding hydrogens is 338 g/mol. The summed E-state index contributed by atoms with van der Waals surface area (Å²) in [7, 11) is 0. The van der Waals surface area contributed by atoms with E-state index in [0.29, 0.717) is 37.7 Å². The molecule has 132 valence electrons. The second kappa shape index (κ2) is 8.11. The minimum absolute atomic E-state index is 0.155. The SMILES string of the molecule is CCOC(=O)Nc1nc2c(s1)CN(C(=O)CCc1ccccc1)CC2. The fraction of sp³-hybridized carbons (Fsp3) is 0.389. The molecule has 1 aliphatic heterocycles. The topological polar surface area (TPSA) is 71.5 Å². The Labute approximate surface area is 150 Å². The number of carbonyl (C=O) groups is 2. The first kappa shape index (κ1) is 17.4. The van der Waals surface area contributed by atoms with Crippen LogP contribution < -0.4 is 5.32 Å². The van der Waals surface area contributed by atoms with Crippen LogP contribution in [-0.4, -0.2) is 35.0 Å². The van der Waals surface area contributed by atoms with Crippen molar-refractivity contribution in [3.8, 4) is 0 Å². The van der Waals surface area contributed by atoms with Crippen LogP contribution in [0.25, 0.3) is 0 Å². The number of anilines is 1. The van der Waals surface area contributed by atoms with Gasteiger partial charge in [0.05, 0.1) is 18.8 Å². The Morgan fingerprint density at radius 3 is 2.88 bits per heavy atom. The molecule has 1 N–H and O–H groups in total. The molecular formula is C18H21N3O3S. The van der Waals surface area contributed by atoms with Gasteiger partial charge in [0.25, 0.3) is 0 Å². The molecule has 2 heterocycles. The molecule has 0 atom stereocenters. The van der Waals surface area contributed by atoms with Crippen LogP contribution in [0.15, 0.2) is 30.3 Å². The Balaban J connectivity index is 1.56. The Kier molecular flexibility index (Phi) is 5.65. The van der Waals surface area contributed by atoms with Gasteiger partial charge in [-0.05, 0) is 18.9 Å². The molecule has 1 aliphatic rings. The van der Waals surface area contributed by atoms with E-state index >= 15 is 0 Å². The van der Waals surface area contributed by atoms with Crippen LogP contribution in [0.1, 0.15) is 29.5 Å². The van der Waals surface area contributed by atoms with Crippen LogP contribution in [0.2, 0.25) is 0 Å². The maximum absolute atomic E-state index is 12.5. The molecule has 25 heavy (non-hydrogen) atoms. The van der Waals surface area contributed by atoms with E-state index in [1.165, 1.54) is 16.9 Å². The highest BCUT2D eigenvalue weighted by Crippen LogP contribution is 2.28. The van der Waals surface area contributed by atoms with Crippen molar-refractivity contribution in [2.75, 3.05) is 18.5 Å². The maximum Gasteiger partial charge on any atom is 0.413 e. The smallest absolute Gasteiger partial charge is 0.413 e. The minimum Gasteiger partial charge on any atom is -0.450 e. The summed E-state index contributed by atoms with van der Waals surface area (Å²) in [6.45, 7) is 3.31. The normalized spacial score (nSPS) is 13.2. The second-order valence-corrected chi connectivity index (χ2v) is 6.87. The summed E-state index contributed by atoms with van der Waals surface area (Å²) in [6, 6.07) is 10.0. The van der Waals surface area contributed by atoms with E-state index in [1.54, 1.807) is 6.92 Å². The molecule has 2 aromatic rings. The predicted octanol–water partition coefficient (Wildman–Crippen LogP) is 3.23. The molecule has 0 unspecified atom stereocenters.